The Hall–Kier alpha value is 0.390. The summed E-state index contributed by atoms with van der Waals surface area (Å²) in [5.41, 5.74) is 0. The van der Waals surface area contributed by atoms with Gasteiger partial charge in [0.05, 0.1) is 5.75 Å². The van der Waals surface area contributed by atoms with Crippen LogP contribution >= 0.6 is 15.9 Å². The fourth-order valence-corrected chi connectivity index (χ4v) is 6.03. The largest absolute Gasteiger partial charge is 0.212 e. The summed E-state index contributed by atoms with van der Waals surface area (Å²) < 4.78 is 27.5. The standard InChI is InChI=1S/C14H26BrNO2S/c15-13-9-5-2-6-10-14(13)16-19(17,18)11-12-7-3-1-4-8-12/h12-14,16H,1-11H2. The molecule has 3 nitrogen and oxygen atoms in total. The van der Waals surface area contributed by atoms with Gasteiger partial charge < -0.3 is 0 Å². The second kappa shape index (κ2) is 7.41. The predicted molar refractivity (Wildman–Crippen MR) is 83.1 cm³/mol. The molecule has 0 aromatic rings. The third kappa shape index (κ3) is 5.35. The molecule has 19 heavy (non-hydrogen) atoms. The van der Waals surface area contributed by atoms with Gasteiger partial charge in [-0.25, -0.2) is 13.1 Å². The Morgan fingerprint density at radius 3 is 2.16 bits per heavy atom. The predicted octanol–water partition coefficient (Wildman–Crippen LogP) is 3.58. The summed E-state index contributed by atoms with van der Waals surface area (Å²) in [6.45, 7) is 0. The van der Waals surface area contributed by atoms with Crippen LogP contribution in [0.5, 0.6) is 0 Å². The van der Waals surface area contributed by atoms with E-state index in [1.807, 2.05) is 0 Å². The Morgan fingerprint density at radius 2 is 1.47 bits per heavy atom. The lowest BCUT2D eigenvalue weighted by atomic mass is 9.91. The van der Waals surface area contributed by atoms with Crippen LogP contribution in [0.3, 0.4) is 0 Å². The van der Waals surface area contributed by atoms with Crippen molar-refractivity contribution < 1.29 is 8.42 Å². The summed E-state index contributed by atoms with van der Waals surface area (Å²) in [7, 11) is -3.11. The minimum absolute atomic E-state index is 0.0936. The van der Waals surface area contributed by atoms with E-state index in [0.29, 0.717) is 16.5 Å². The Labute approximate surface area is 126 Å². The highest BCUT2D eigenvalue weighted by molar-refractivity contribution is 9.09. The molecule has 0 heterocycles. The van der Waals surface area contributed by atoms with Crippen LogP contribution in [0.2, 0.25) is 0 Å². The molecule has 0 aromatic heterocycles. The van der Waals surface area contributed by atoms with Crippen LogP contribution in [0.4, 0.5) is 0 Å². The van der Waals surface area contributed by atoms with E-state index >= 15 is 0 Å². The lowest BCUT2D eigenvalue weighted by Crippen LogP contribution is -2.42. The van der Waals surface area contributed by atoms with Gasteiger partial charge >= 0.3 is 0 Å². The number of hydrogen-bond donors (Lipinski definition) is 1. The van der Waals surface area contributed by atoms with E-state index in [0.717, 1.165) is 32.1 Å². The molecular weight excluding hydrogens is 326 g/mol. The molecule has 2 rings (SSSR count). The number of nitrogens with one attached hydrogen (secondary N) is 1. The Morgan fingerprint density at radius 1 is 0.895 bits per heavy atom. The van der Waals surface area contributed by atoms with Crippen LogP contribution in [-0.2, 0) is 10.0 Å². The molecule has 1 N–H and O–H groups in total. The Bertz CT molecular complexity index is 366. The van der Waals surface area contributed by atoms with Crippen molar-refractivity contribution in [1.29, 1.82) is 0 Å². The minimum Gasteiger partial charge on any atom is -0.212 e. The third-order valence-corrected chi connectivity index (χ3v) is 7.11. The van der Waals surface area contributed by atoms with Crippen LogP contribution in [0, 0.1) is 5.92 Å². The van der Waals surface area contributed by atoms with Crippen LogP contribution in [0.15, 0.2) is 0 Å². The summed E-state index contributed by atoms with van der Waals surface area (Å²) >= 11 is 3.66. The average Bonchev–Trinajstić information content (AvgIpc) is 2.55. The van der Waals surface area contributed by atoms with E-state index in [1.54, 1.807) is 0 Å². The number of hydrogen-bond acceptors (Lipinski definition) is 2. The van der Waals surface area contributed by atoms with E-state index in [9.17, 15) is 8.42 Å². The normalized spacial score (nSPS) is 31.0. The zero-order valence-corrected chi connectivity index (χ0v) is 14.0. The van der Waals surface area contributed by atoms with Crippen LogP contribution < -0.4 is 4.72 Å². The van der Waals surface area contributed by atoms with Gasteiger partial charge in [-0.15, -0.1) is 0 Å². The maximum Gasteiger partial charge on any atom is 0.212 e. The fraction of sp³-hybridized carbons (Fsp3) is 1.00. The molecule has 0 aliphatic heterocycles. The first-order chi connectivity index (χ1) is 9.07. The van der Waals surface area contributed by atoms with E-state index in [4.69, 9.17) is 0 Å². The monoisotopic (exact) mass is 351 g/mol. The molecule has 2 aliphatic rings. The molecular formula is C14H26BrNO2S. The van der Waals surface area contributed by atoms with E-state index in [1.165, 1.54) is 32.1 Å². The minimum atomic E-state index is -3.11. The molecule has 0 bridgehead atoms. The molecule has 2 unspecified atom stereocenters. The van der Waals surface area contributed by atoms with Gasteiger partial charge in [-0.3, -0.25) is 0 Å². The second-order valence-electron chi connectivity index (χ2n) is 6.16. The molecule has 0 radical (unpaired) electrons. The van der Waals surface area contributed by atoms with Crippen molar-refractivity contribution in [3.63, 3.8) is 0 Å². The van der Waals surface area contributed by atoms with Crippen molar-refractivity contribution in [2.75, 3.05) is 5.75 Å². The molecule has 2 atom stereocenters. The lowest BCUT2D eigenvalue weighted by Gasteiger charge is -2.25. The maximum absolute atomic E-state index is 12.3. The molecule has 112 valence electrons. The van der Waals surface area contributed by atoms with Gasteiger partial charge in [-0.2, -0.15) is 0 Å². The zero-order valence-electron chi connectivity index (χ0n) is 11.6. The number of sulfonamides is 1. The topological polar surface area (TPSA) is 46.2 Å². The van der Waals surface area contributed by atoms with Crippen molar-refractivity contribution in [2.24, 2.45) is 5.92 Å². The quantitative estimate of drug-likeness (QED) is 0.621. The summed E-state index contributed by atoms with van der Waals surface area (Å²) in [4.78, 5) is 0.302. The summed E-state index contributed by atoms with van der Waals surface area (Å²) in [5.74, 6) is 0.717. The average molecular weight is 352 g/mol. The van der Waals surface area contributed by atoms with Gasteiger partial charge in [0.2, 0.25) is 10.0 Å². The Kier molecular flexibility index (Phi) is 6.15. The van der Waals surface area contributed by atoms with E-state index in [2.05, 4.69) is 20.7 Å². The molecule has 2 saturated carbocycles. The van der Waals surface area contributed by atoms with Crippen LogP contribution in [0.25, 0.3) is 0 Å². The van der Waals surface area contributed by atoms with Crippen molar-refractivity contribution in [2.45, 2.75) is 75.1 Å². The number of halogens is 1. The van der Waals surface area contributed by atoms with Gasteiger partial charge in [0.1, 0.15) is 0 Å². The summed E-state index contributed by atoms with van der Waals surface area (Å²) in [5, 5.41) is 0. The highest BCUT2D eigenvalue weighted by Gasteiger charge is 2.28. The fourth-order valence-electron chi connectivity index (χ4n) is 3.34. The van der Waals surface area contributed by atoms with Crippen molar-refractivity contribution in [1.82, 2.24) is 4.72 Å². The number of alkyl halides is 1. The molecule has 2 fully saturated rings. The van der Waals surface area contributed by atoms with Gasteiger partial charge in [0.25, 0.3) is 0 Å². The van der Waals surface area contributed by atoms with Gasteiger partial charge in [-0.1, -0.05) is 54.5 Å². The van der Waals surface area contributed by atoms with Crippen LogP contribution in [-0.4, -0.2) is 25.0 Å². The van der Waals surface area contributed by atoms with Gasteiger partial charge in [0.15, 0.2) is 0 Å². The van der Waals surface area contributed by atoms with Crippen molar-refractivity contribution >= 4 is 26.0 Å². The van der Waals surface area contributed by atoms with Gasteiger partial charge in [0, 0.05) is 10.9 Å². The summed E-state index contributed by atoms with van der Waals surface area (Å²) in [6.07, 6.45) is 11.5. The van der Waals surface area contributed by atoms with Crippen LogP contribution in [0.1, 0.15) is 64.2 Å². The lowest BCUT2D eigenvalue weighted by molar-refractivity contribution is 0.382. The molecule has 0 amide bonds. The maximum atomic E-state index is 12.3. The first-order valence-corrected chi connectivity index (χ1v) is 10.3. The number of rotatable bonds is 4. The van der Waals surface area contributed by atoms with E-state index < -0.39 is 10.0 Å². The molecule has 0 spiro atoms. The highest BCUT2D eigenvalue weighted by atomic mass is 79.9. The molecule has 2 aliphatic carbocycles. The Balaban J connectivity index is 1.87. The van der Waals surface area contributed by atoms with Crippen molar-refractivity contribution in [3.8, 4) is 0 Å². The zero-order chi connectivity index (χ0) is 13.7. The van der Waals surface area contributed by atoms with Crippen molar-refractivity contribution in [3.05, 3.63) is 0 Å². The third-order valence-electron chi connectivity index (χ3n) is 4.44. The summed E-state index contributed by atoms with van der Waals surface area (Å²) in [6, 6.07) is 0.0936. The second-order valence-corrected chi connectivity index (χ2v) is 9.14. The molecule has 0 saturated heterocycles. The highest BCUT2D eigenvalue weighted by Crippen LogP contribution is 2.27. The smallest absolute Gasteiger partial charge is 0.212 e. The van der Waals surface area contributed by atoms with Gasteiger partial charge in [-0.05, 0) is 31.6 Å². The first kappa shape index (κ1) is 15.8. The van der Waals surface area contributed by atoms with E-state index in [-0.39, 0.29) is 6.04 Å². The first-order valence-electron chi connectivity index (χ1n) is 7.71. The molecule has 5 heteroatoms. The SMILES string of the molecule is O=S(=O)(CC1CCCCC1)NC1CCCCCC1Br. The molecule has 0 aromatic carbocycles.